The molecule has 1 heterocycles. The van der Waals surface area contributed by atoms with Gasteiger partial charge in [0, 0.05) is 23.2 Å². The van der Waals surface area contributed by atoms with Crippen LogP contribution in [0.3, 0.4) is 0 Å². The van der Waals surface area contributed by atoms with Gasteiger partial charge in [0.25, 0.3) is 0 Å². The van der Waals surface area contributed by atoms with Crippen LogP contribution in [0.5, 0.6) is 0 Å². The largest absolute Gasteiger partial charge is 0.388 e. The minimum absolute atomic E-state index is 0.0950. The maximum absolute atomic E-state index is 13.6. The summed E-state index contributed by atoms with van der Waals surface area (Å²) in [5, 5.41) is 10.1. The van der Waals surface area contributed by atoms with E-state index in [4.69, 9.17) is 4.74 Å². The Morgan fingerprint density at radius 2 is 2.06 bits per heavy atom. The summed E-state index contributed by atoms with van der Waals surface area (Å²) in [4.78, 5) is 0. The van der Waals surface area contributed by atoms with Crippen LogP contribution in [0.4, 0.5) is 4.39 Å². The van der Waals surface area contributed by atoms with E-state index in [1.165, 1.54) is 6.07 Å². The van der Waals surface area contributed by atoms with Crippen molar-refractivity contribution in [2.24, 2.45) is 5.92 Å². The zero-order valence-corrected chi connectivity index (χ0v) is 10.4. The van der Waals surface area contributed by atoms with Gasteiger partial charge in [-0.25, -0.2) is 4.39 Å². The SMILES string of the molecule is OC(c1cc(Br)ccc1F)C1CCOCC1. The number of aliphatic hydroxyl groups is 1. The lowest BCUT2D eigenvalue weighted by atomic mass is 9.89. The molecular weight excluding hydrogens is 275 g/mol. The summed E-state index contributed by atoms with van der Waals surface area (Å²) in [6.45, 7) is 1.30. The molecule has 1 unspecified atom stereocenters. The first-order valence-electron chi connectivity index (χ1n) is 5.39. The van der Waals surface area contributed by atoms with Crippen LogP contribution in [0, 0.1) is 11.7 Å². The van der Waals surface area contributed by atoms with Crippen molar-refractivity contribution < 1.29 is 14.2 Å². The summed E-state index contributed by atoms with van der Waals surface area (Å²) in [6.07, 6.45) is 0.835. The molecule has 0 spiro atoms. The van der Waals surface area contributed by atoms with Gasteiger partial charge in [-0.1, -0.05) is 15.9 Å². The van der Waals surface area contributed by atoms with Crippen molar-refractivity contribution in [3.63, 3.8) is 0 Å². The van der Waals surface area contributed by atoms with Gasteiger partial charge in [-0.15, -0.1) is 0 Å². The smallest absolute Gasteiger partial charge is 0.129 e. The fraction of sp³-hybridized carbons (Fsp3) is 0.500. The molecule has 2 nitrogen and oxygen atoms in total. The Hall–Kier alpha value is -0.450. The van der Waals surface area contributed by atoms with Crippen molar-refractivity contribution >= 4 is 15.9 Å². The molecule has 1 saturated heterocycles. The quantitative estimate of drug-likeness (QED) is 0.906. The maximum Gasteiger partial charge on any atom is 0.129 e. The molecule has 1 N–H and O–H groups in total. The molecule has 4 heteroatoms. The average Bonchev–Trinajstić information content (AvgIpc) is 2.32. The van der Waals surface area contributed by atoms with E-state index in [1.54, 1.807) is 12.1 Å². The summed E-state index contributed by atoms with van der Waals surface area (Å²) in [5.41, 5.74) is 0.376. The number of halogens is 2. The second-order valence-electron chi connectivity index (χ2n) is 4.06. The van der Waals surface area contributed by atoms with Gasteiger partial charge in [-0.2, -0.15) is 0 Å². The molecule has 1 aliphatic rings. The van der Waals surface area contributed by atoms with Crippen LogP contribution in [-0.2, 0) is 4.74 Å². The summed E-state index contributed by atoms with van der Waals surface area (Å²) in [6, 6.07) is 4.66. The summed E-state index contributed by atoms with van der Waals surface area (Å²) < 4.78 is 19.6. The van der Waals surface area contributed by atoms with Gasteiger partial charge in [0.1, 0.15) is 5.82 Å². The Kier molecular flexibility index (Phi) is 3.95. The highest BCUT2D eigenvalue weighted by molar-refractivity contribution is 9.10. The highest BCUT2D eigenvalue weighted by Gasteiger charge is 2.25. The molecule has 2 rings (SSSR count). The zero-order chi connectivity index (χ0) is 11.5. The van der Waals surface area contributed by atoms with Gasteiger partial charge in [-0.05, 0) is 37.0 Å². The molecule has 1 aliphatic heterocycles. The van der Waals surface area contributed by atoms with E-state index in [2.05, 4.69) is 15.9 Å². The first-order valence-corrected chi connectivity index (χ1v) is 6.18. The van der Waals surface area contributed by atoms with E-state index in [1.807, 2.05) is 0 Å². The van der Waals surface area contributed by atoms with E-state index >= 15 is 0 Å². The topological polar surface area (TPSA) is 29.5 Å². The standard InChI is InChI=1S/C12H14BrFO2/c13-9-1-2-11(14)10(7-9)12(15)8-3-5-16-6-4-8/h1-2,7-8,12,15H,3-6H2. The molecule has 0 radical (unpaired) electrons. The summed E-state index contributed by atoms with van der Waals surface area (Å²) in [7, 11) is 0. The van der Waals surface area contributed by atoms with E-state index in [0.29, 0.717) is 18.8 Å². The van der Waals surface area contributed by atoms with Crippen LogP contribution in [0.2, 0.25) is 0 Å². The number of benzene rings is 1. The number of rotatable bonds is 2. The van der Waals surface area contributed by atoms with Crippen molar-refractivity contribution in [1.82, 2.24) is 0 Å². The van der Waals surface area contributed by atoms with E-state index in [0.717, 1.165) is 17.3 Å². The molecule has 0 aromatic heterocycles. The molecule has 0 aliphatic carbocycles. The van der Waals surface area contributed by atoms with Gasteiger partial charge in [0.15, 0.2) is 0 Å². The van der Waals surface area contributed by atoms with Gasteiger partial charge in [0.2, 0.25) is 0 Å². The summed E-state index contributed by atoms with van der Waals surface area (Å²) in [5.74, 6) is -0.250. The lowest BCUT2D eigenvalue weighted by molar-refractivity contribution is 0.00588. The predicted octanol–water partition coefficient (Wildman–Crippen LogP) is 3.05. The monoisotopic (exact) mass is 288 g/mol. The van der Waals surface area contributed by atoms with Crippen molar-refractivity contribution in [2.75, 3.05) is 13.2 Å². The number of hydrogen-bond donors (Lipinski definition) is 1. The highest BCUT2D eigenvalue weighted by Crippen LogP contribution is 2.32. The Morgan fingerprint density at radius 1 is 1.38 bits per heavy atom. The molecule has 1 fully saturated rings. The Bertz CT molecular complexity index is 364. The normalized spacial score (nSPS) is 19.7. The molecule has 1 aromatic rings. The second-order valence-corrected chi connectivity index (χ2v) is 4.98. The van der Waals surface area contributed by atoms with Crippen molar-refractivity contribution in [1.29, 1.82) is 0 Å². The molecule has 0 saturated carbocycles. The van der Waals surface area contributed by atoms with Gasteiger partial charge in [-0.3, -0.25) is 0 Å². The first kappa shape index (κ1) is 12.0. The molecule has 0 bridgehead atoms. The predicted molar refractivity (Wildman–Crippen MR) is 62.6 cm³/mol. The molecule has 1 atom stereocenters. The van der Waals surface area contributed by atoms with E-state index < -0.39 is 6.10 Å². The van der Waals surface area contributed by atoms with E-state index in [-0.39, 0.29) is 11.7 Å². The molecule has 0 amide bonds. The molecular formula is C12H14BrFO2. The van der Waals surface area contributed by atoms with Crippen LogP contribution in [-0.4, -0.2) is 18.3 Å². The Balaban J connectivity index is 2.18. The second kappa shape index (κ2) is 5.25. The average molecular weight is 289 g/mol. The third kappa shape index (κ3) is 2.62. The minimum atomic E-state index is -0.735. The lowest BCUT2D eigenvalue weighted by Gasteiger charge is -2.27. The van der Waals surface area contributed by atoms with Crippen molar-refractivity contribution in [3.8, 4) is 0 Å². The van der Waals surface area contributed by atoms with Crippen LogP contribution < -0.4 is 0 Å². The fourth-order valence-corrected chi connectivity index (χ4v) is 2.41. The van der Waals surface area contributed by atoms with Crippen LogP contribution in [0.25, 0.3) is 0 Å². The maximum atomic E-state index is 13.6. The van der Waals surface area contributed by atoms with Crippen molar-refractivity contribution in [2.45, 2.75) is 18.9 Å². The number of aliphatic hydroxyl groups excluding tert-OH is 1. The van der Waals surface area contributed by atoms with Crippen LogP contribution in [0.15, 0.2) is 22.7 Å². The fourth-order valence-electron chi connectivity index (χ4n) is 2.03. The number of ether oxygens (including phenoxy) is 1. The van der Waals surface area contributed by atoms with Gasteiger partial charge >= 0.3 is 0 Å². The third-order valence-corrected chi connectivity index (χ3v) is 3.48. The Morgan fingerprint density at radius 3 is 2.75 bits per heavy atom. The van der Waals surface area contributed by atoms with E-state index in [9.17, 15) is 9.50 Å². The third-order valence-electron chi connectivity index (χ3n) is 2.99. The molecule has 88 valence electrons. The van der Waals surface area contributed by atoms with Crippen LogP contribution in [0.1, 0.15) is 24.5 Å². The molecule has 1 aromatic carbocycles. The minimum Gasteiger partial charge on any atom is -0.388 e. The first-order chi connectivity index (χ1) is 7.68. The van der Waals surface area contributed by atoms with Crippen molar-refractivity contribution in [3.05, 3.63) is 34.1 Å². The zero-order valence-electron chi connectivity index (χ0n) is 8.83. The Labute approximate surface area is 103 Å². The summed E-state index contributed by atoms with van der Waals surface area (Å²) >= 11 is 3.29. The van der Waals surface area contributed by atoms with Gasteiger partial charge < -0.3 is 9.84 Å². The van der Waals surface area contributed by atoms with Crippen LogP contribution >= 0.6 is 15.9 Å². The number of hydrogen-bond acceptors (Lipinski definition) is 2. The molecule has 16 heavy (non-hydrogen) atoms. The van der Waals surface area contributed by atoms with Gasteiger partial charge in [0.05, 0.1) is 6.10 Å². The lowest BCUT2D eigenvalue weighted by Crippen LogP contribution is -2.22. The highest BCUT2D eigenvalue weighted by atomic mass is 79.9.